The van der Waals surface area contributed by atoms with Crippen LogP contribution in [0.3, 0.4) is 0 Å². The van der Waals surface area contributed by atoms with Gasteiger partial charge in [0.1, 0.15) is 0 Å². The van der Waals surface area contributed by atoms with Crippen LogP contribution in [0.4, 0.5) is 22.7 Å². The monoisotopic (exact) mass is 612 g/mol. The largest absolute Gasteiger partial charge is 0.399 e. The van der Waals surface area contributed by atoms with Crippen molar-refractivity contribution in [2.24, 2.45) is 0 Å². The number of halogens is 4. The maximum atomic E-state index is 5.94. The van der Waals surface area contributed by atoms with Gasteiger partial charge in [-0.05, 0) is 87.6 Å². The quantitative estimate of drug-likeness (QED) is 0.161. The van der Waals surface area contributed by atoms with Gasteiger partial charge in [0, 0.05) is 62.0 Å². The molecule has 0 aliphatic heterocycles. The van der Waals surface area contributed by atoms with E-state index in [2.05, 4.69) is 71.6 Å². The van der Waals surface area contributed by atoms with Crippen LogP contribution in [-0.2, 0) is 0 Å². The van der Waals surface area contributed by atoms with Crippen molar-refractivity contribution in [3.63, 3.8) is 0 Å². The zero-order chi connectivity index (χ0) is 24.8. The Balaban J connectivity index is -0.00000306. The highest BCUT2D eigenvalue weighted by atomic mass is 35.5. The number of unbranched alkanes of at least 4 members (excludes halogenated alkanes) is 1. The number of hydrogen-bond donors (Lipinski definition) is 2. The number of hydrogen-bond acceptors (Lipinski definition) is 6. The fourth-order valence-electron chi connectivity index (χ4n) is 4.32. The van der Waals surface area contributed by atoms with Crippen LogP contribution in [0.25, 0.3) is 0 Å². The molecule has 2 aromatic carbocycles. The third kappa shape index (κ3) is 14.8. The molecule has 0 saturated heterocycles. The van der Waals surface area contributed by atoms with E-state index in [4.69, 9.17) is 11.5 Å². The predicted octanol–water partition coefficient (Wildman–Crippen LogP) is 6.32. The fraction of sp³-hybridized carbons (Fsp3) is 0.571. The number of nitrogens with two attached hydrogens (primary N) is 2. The predicted molar refractivity (Wildman–Crippen MR) is 180 cm³/mol. The summed E-state index contributed by atoms with van der Waals surface area (Å²) in [5, 5.41) is 0. The molecule has 0 fully saturated rings. The molecule has 0 aromatic heterocycles. The molecular weight excluding hydrogens is 562 g/mol. The lowest BCUT2D eigenvalue weighted by atomic mass is 10.2. The SMILES string of the molecule is CCN(CC)CCN(CCCCN(CCN(CC)CC)c1ccc(N)cc1)c1ccc(N)cc1.Cl.Cl.Cl.Cl. The second kappa shape index (κ2) is 23.6. The minimum Gasteiger partial charge on any atom is -0.399 e. The zero-order valence-electron chi connectivity index (χ0n) is 23.7. The number of rotatable bonds is 17. The first-order valence-electron chi connectivity index (χ1n) is 13.2. The molecule has 0 saturated carbocycles. The summed E-state index contributed by atoms with van der Waals surface area (Å²) in [6.07, 6.45) is 2.30. The lowest BCUT2D eigenvalue weighted by Crippen LogP contribution is -2.37. The summed E-state index contributed by atoms with van der Waals surface area (Å²) in [6, 6.07) is 16.7. The Bertz CT molecular complexity index is 719. The number of benzene rings is 2. The van der Waals surface area contributed by atoms with Crippen LogP contribution in [0.1, 0.15) is 40.5 Å². The van der Waals surface area contributed by atoms with Crippen molar-refractivity contribution in [2.75, 3.05) is 86.7 Å². The first kappa shape index (κ1) is 41.2. The van der Waals surface area contributed by atoms with Crippen LogP contribution in [0, 0.1) is 0 Å². The first-order valence-corrected chi connectivity index (χ1v) is 13.2. The second-order valence-corrected chi connectivity index (χ2v) is 8.92. The second-order valence-electron chi connectivity index (χ2n) is 8.92. The highest BCUT2D eigenvalue weighted by Gasteiger charge is 2.11. The van der Waals surface area contributed by atoms with Gasteiger partial charge < -0.3 is 31.1 Å². The number of nitrogen functional groups attached to an aromatic ring is 2. The third-order valence-electron chi connectivity index (χ3n) is 6.78. The van der Waals surface area contributed by atoms with Crippen LogP contribution in [0.5, 0.6) is 0 Å². The molecular formula is C28H52Cl4N6. The highest BCUT2D eigenvalue weighted by molar-refractivity contribution is 5.86. The van der Waals surface area contributed by atoms with Gasteiger partial charge in [-0.25, -0.2) is 0 Å². The highest BCUT2D eigenvalue weighted by Crippen LogP contribution is 2.19. The van der Waals surface area contributed by atoms with E-state index >= 15 is 0 Å². The van der Waals surface area contributed by atoms with Crippen LogP contribution < -0.4 is 21.3 Å². The van der Waals surface area contributed by atoms with Crippen LogP contribution in [0.15, 0.2) is 48.5 Å². The normalized spacial score (nSPS) is 10.2. The Labute approximate surface area is 257 Å². The maximum Gasteiger partial charge on any atom is 0.0368 e. The molecule has 0 unspecified atom stereocenters. The van der Waals surface area contributed by atoms with Crippen LogP contribution in [-0.4, -0.2) is 75.2 Å². The van der Waals surface area contributed by atoms with Crippen molar-refractivity contribution in [3.8, 4) is 0 Å². The Morgan fingerprint density at radius 1 is 0.447 bits per heavy atom. The molecule has 2 aromatic rings. The van der Waals surface area contributed by atoms with Gasteiger partial charge in [0.05, 0.1) is 0 Å². The summed E-state index contributed by atoms with van der Waals surface area (Å²) in [6.45, 7) is 19.7. The first-order chi connectivity index (χ1) is 16.5. The van der Waals surface area contributed by atoms with Crippen molar-refractivity contribution >= 4 is 72.4 Å². The summed E-state index contributed by atoms with van der Waals surface area (Å²) < 4.78 is 0. The van der Waals surface area contributed by atoms with E-state index in [1.54, 1.807) is 0 Å². The molecule has 0 bridgehead atoms. The molecule has 6 nitrogen and oxygen atoms in total. The van der Waals surface area contributed by atoms with Crippen molar-refractivity contribution in [1.82, 2.24) is 9.80 Å². The van der Waals surface area contributed by atoms with Gasteiger partial charge in [0.25, 0.3) is 0 Å². The lowest BCUT2D eigenvalue weighted by molar-refractivity contribution is 0.308. The van der Waals surface area contributed by atoms with Crippen molar-refractivity contribution in [2.45, 2.75) is 40.5 Å². The molecule has 0 amide bonds. The van der Waals surface area contributed by atoms with E-state index in [1.807, 2.05) is 24.3 Å². The summed E-state index contributed by atoms with van der Waals surface area (Å²) >= 11 is 0. The molecule has 0 radical (unpaired) electrons. The van der Waals surface area contributed by atoms with Crippen molar-refractivity contribution in [3.05, 3.63) is 48.5 Å². The Kier molecular flexibility index (Phi) is 25.6. The Morgan fingerprint density at radius 3 is 1.00 bits per heavy atom. The summed E-state index contributed by atoms with van der Waals surface area (Å²) in [5.41, 5.74) is 16.0. The molecule has 2 rings (SSSR count). The summed E-state index contributed by atoms with van der Waals surface area (Å²) in [4.78, 5) is 10.0. The molecule has 10 heteroatoms. The number of likely N-dealkylation sites (N-methyl/N-ethyl adjacent to an activating group) is 2. The topological polar surface area (TPSA) is 65.0 Å². The molecule has 4 N–H and O–H groups in total. The van der Waals surface area contributed by atoms with E-state index in [-0.39, 0.29) is 49.6 Å². The summed E-state index contributed by atoms with van der Waals surface area (Å²) in [7, 11) is 0. The van der Waals surface area contributed by atoms with E-state index in [0.717, 1.165) is 89.7 Å². The molecule has 0 aliphatic carbocycles. The van der Waals surface area contributed by atoms with Crippen LogP contribution >= 0.6 is 49.6 Å². The minimum absolute atomic E-state index is 0. The Hall–Kier alpha value is -1.28. The van der Waals surface area contributed by atoms with E-state index in [1.165, 1.54) is 11.4 Å². The van der Waals surface area contributed by atoms with Gasteiger partial charge in [0.2, 0.25) is 0 Å². The van der Waals surface area contributed by atoms with Gasteiger partial charge in [-0.1, -0.05) is 27.7 Å². The molecule has 222 valence electrons. The van der Waals surface area contributed by atoms with E-state index in [9.17, 15) is 0 Å². The third-order valence-corrected chi connectivity index (χ3v) is 6.78. The van der Waals surface area contributed by atoms with Gasteiger partial charge in [-0.2, -0.15) is 0 Å². The van der Waals surface area contributed by atoms with Crippen molar-refractivity contribution in [1.29, 1.82) is 0 Å². The van der Waals surface area contributed by atoms with Crippen LogP contribution in [0.2, 0.25) is 0 Å². The van der Waals surface area contributed by atoms with Gasteiger partial charge in [-0.15, -0.1) is 49.6 Å². The van der Waals surface area contributed by atoms with E-state index in [0.29, 0.717) is 0 Å². The average Bonchev–Trinajstić information content (AvgIpc) is 2.86. The minimum atomic E-state index is 0. The Morgan fingerprint density at radius 2 is 0.737 bits per heavy atom. The number of nitrogens with zero attached hydrogens (tertiary/aromatic N) is 4. The molecule has 0 spiro atoms. The van der Waals surface area contributed by atoms with Crippen molar-refractivity contribution < 1.29 is 0 Å². The molecule has 0 atom stereocenters. The summed E-state index contributed by atoms with van der Waals surface area (Å²) in [5.74, 6) is 0. The average molecular weight is 615 g/mol. The van der Waals surface area contributed by atoms with Gasteiger partial charge >= 0.3 is 0 Å². The van der Waals surface area contributed by atoms with E-state index < -0.39 is 0 Å². The fourth-order valence-corrected chi connectivity index (χ4v) is 4.32. The zero-order valence-corrected chi connectivity index (χ0v) is 26.9. The molecule has 38 heavy (non-hydrogen) atoms. The molecule has 0 aliphatic rings. The number of anilines is 4. The van der Waals surface area contributed by atoms with Gasteiger partial charge in [-0.3, -0.25) is 0 Å². The standard InChI is InChI=1S/C28H48N6.4ClH/c1-5-31(6-2)21-23-33(27-15-11-25(29)12-16-27)19-9-10-20-34(24-22-32(7-3)8-4)28-17-13-26(30)14-18-28;;;;/h11-18H,5-10,19-24,29-30H2,1-4H3;4*1H. The smallest absolute Gasteiger partial charge is 0.0368 e. The van der Waals surface area contributed by atoms with Gasteiger partial charge in [0.15, 0.2) is 0 Å². The lowest BCUT2D eigenvalue weighted by Gasteiger charge is -2.30. The maximum absolute atomic E-state index is 5.94. The molecule has 0 heterocycles.